The van der Waals surface area contributed by atoms with Crippen molar-refractivity contribution >= 4 is 5.97 Å². The number of carboxylic acid groups (broad SMARTS) is 1. The standard InChI is InChI=1S/C9H15F3O5/c1-15-2-3-16-4-5-17-7(6-8(13)14)9(10,11)12/h7H,2-6H2,1H3,(H,13,14). The number of hydrogen-bond acceptors (Lipinski definition) is 4. The first-order chi connectivity index (χ1) is 7.88. The van der Waals surface area contributed by atoms with Crippen molar-refractivity contribution in [1.82, 2.24) is 0 Å². The van der Waals surface area contributed by atoms with E-state index in [0.29, 0.717) is 6.61 Å². The van der Waals surface area contributed by atoms with Crippen molar-refractivity contribution in [3.63, 3.8) is 0 Å². The van der Waals surface area contributed by atoms with E-state index in [-0.39, 0.29) is 19.8 Å². The molecule has 0 amide bonds. The molecule has 0 saturated heterocycles. The first-order valence-corrected chi connectivity index (χ1v) is 4.84. The molecule has 0 aromatic rings. The zero-order valence-electron chi connectivity index (χ0n) is 9.33. The Morgan fingerprint density at radius 3 is 2.29 bits per heavy atom. The van der Waals surface area contributed by atoms with Crippen molar-refractivity contribution in [1.29, 1.82) is 0 Å². The van der Waals surface area contributed by atoms with Crippen LogP contribution in [0.1, 0.15) is 6.42 Å². The number of methoxy groups -OCH3 is 1. The lowest BCUT2D eigenvalue weighted by molar-refractivity contribution is -0.226. The Bertz CT molecular complexity index is 219. The first kappa shape index (κ1) is 16.1. The number of rotatable bonds is 9. The molecule has 0 heterocycles. The van der Waals surface area contributed by atoms with Gasteiger partial charge in [-0.15, -0.1) is 0 Å². The molecular weight excluding hydrogens is 245 g/mol. The van der Waals surface area contributed by atoms with Crippen LogP contribution in [-0.4, -0.2) is 56.9 Å². The molecular formula is C9H15F3O5. The second kappa shape index (κ2) is 8.26. The van der Waals surface area contributed by atoms with Gasteiger partial charge >= 0.3 is 12.1 Å². The van der Waals surface area contributed by atoms with Crippen LogP contribution in [-0.2, 0) is 19.0 Å². The van der Waals surface area contributed by atoms with Gasteiger partial charge < -0.3 is 19.3 Å². The Kier molecular flexibility index (Phi) is 7.85. The van der Waals surface area contributed by atoms with Crippen LogP contribution in [0.2, 0.25) is 0 Å². The van der Waals surface area contributed by atoms with Gasteiger partial charge in [-0.2, -0.15) is 13.2 Å². The molecule has 0 radical (unpaired) electrons. The van der Waals surface area contributed by atoms with Gasteiger partial charge in [-0.25, -0.2) is 0 Å². The van der Waals surface area contributed by atoms with Crippen molar-refractivity contribution in [2.75, 3.05) is 33.5 Å². The number of aliphatic carboxylic acids is 1. The Hall–Kier alpha value is -0.860. The maximum absolute atomic E-state index is 12.3. The summed E-state index contributed by atoms with van der Waals surface area (Å²) < 4.78 is 50.7. The monoisotopic (exact) mass is 260 g/mol. The highest BCUT2D eigenvalue weighted by molar-refractivity contribution is 5.67. The Balaban J connectivity index is 3.81. The number of carbonyl (C=O) groups is 1. The van der Waals surface area contributed by atoms with Gasteiger partial charge in [0.05, 0.1) is 32.8 Å². The molecule has 0 aliphatic carbocycles. The van der Waals surface area contributed by atoms with Crippen LogP contribution in [0.25, 0.3) is 0 Å². The molecule has 0 fully saturated rings. The molecule has 17 heavy (non-hydrogen) atoms. The van der Waals surface area contributed by atoms with Crippen molar-refractivity contribution in [3.05, 3.63) is 0 Å². The van der Waals surface area contributed by atoms with Crippen molar-refractivity contribution in [2.45, 2.75) is 18.7 Å². The summed E-state index contributed by atoms with van der Waals surface area (Å²) in [7, 11) is 1.46. The smallest absolute Gasteiger partial charge is 0.415 e. The fraction of sp³-hybridized carbons (Fsp3) is 0.889. The number of ether oxygens (including phenoxy) is 3. The third-order valence-corrected chi connectivity index (χ3v) is 1.70. The third kappa shape index (κ3) is 8.90. The maximum Gasteiger partial charge on any atom is 0.415 e. The highest BCUT2D eigenvalue weighted by Crippen LogP contribution is 2.25. The fourth-order valence-electron chi connectivity index (χ4n) is 0.921. The largest absolute Gasteiger partial charge is 0.481 e. The molecule has 0 rings (SSSR count). The van der Waals surface area contributed by atoms with Crippen molar-refractivity contribution < 1.29 is 37.3 Å². The summed E-state index contributed by atoms with van der Waals surface area (Å²) in [6, 6.07) is 0. The molecule has 102 valence electrons. The molecule has 0 saturated carbocycles. The van der Waals surface area contributed by atoms with E-state index >= 15 is 0 Å². The average Bonchev–Trinajstić information content (AvgIpc) is 2.19. The zero-order valence-corrected chi connectivity index (χ0v) is 9.33. The van der Waals surface area contributed by atoms with Gasteiger partial charge in [-0.1, -0.05) is 0 Å². The summed E-state index contributed by atoms with van der Waals surface area (Å²) >= 11 is 0. The second-order valence-corrected chi connectivity index (χ2v) is 3.10. The summed E-state index contributed by atoms with van der Waals surface area (Å²) in [4.78, 5) is 10.2. The van der Waals surface area contributed by atoms with Crippen LogP contribution in [0.4, 0.5) is 13.2 Å². The molecule has 0 aromatic heterocycles. The zero-order chi connectivity index (χ0) is 13.3. The predicted molar refractivity (Wildman–Crippen MR) is 50.7 cm³/mol. The minimum atomic E-state index is -4.69. The van der Waals surface area contributed by atoms with Gasteiger partial charge in [0, 0.05) is 7.11 Å². The Morgan fingerprint density at radius 2 is 1.82 bits per heavy atom. The minimum absolute atomic E-state index is 0.0461. The van der Waals surface area contributed by atoms with Crippen molar-refractivity contribution in [3.8, 4) is 0 Å². The van der Waals surface area contributed by atoms with Crippen LogP contribution < -0.4 is 0 Å². The summed E-state index contributed by atoms with van der Waals surface area (Å²) in [5.74, 6) is -1.56. The summed E-state index contributed by atoms with van der Waals surface area (Å²) in [5.41, 5.74) is 0. The molecule has 0 aliphatic rings. The molecule has 8 heteroatoms. The Labute approximate surface area is 96.5 Å². The molecule has 1 N–H and O–H groups in total. The molecule has 0 aliphatic heterocycles. The van der Waals surface area contributed by atoms with E-state index in [2.05, 4.69) is 9.47 Å². The van der Waals surface area contributed by atoms with E-state index in [0.717, 1.165) is 0 Å². The Morgan fingerprint density at radius 1 is 1.24 bits per heavy atom. The second-order valence-electron chi connectivity index (χ2n) is 3.10. The molecule has 0 bridgehead atoms. The first-order valence-electron chi connectivity index (χ1n) is 4.84. The SMILES string of the molecule is COCCOCCOC(CC(=O)O)C(F)(F)F. The highest BCUT2D eigenvalue weighted by Gasteiger charge is 2.41. The molecule has 5 nitrogen and oxygen atoms in total. The van der Waals surface area contributed by atoms with Crippen LogP contribution in [0.15, 0.2) is 0 Å². The van der Waals surface area contributed by atoms with Gasteiger partial charge in [-0.3, -0.25) is 4.79 Å². The van der Waals surface area contributed by atoms with Crippen LogP contribution in [0.5, 0.6) is 0 Å². The molecule has 1 unspecified atom stereocenters. The van der Waals surface area contributed by atoms with Gasteiger partial charge in [0.2, 0.25) is 0 Å². The number of alkyl halides is 3. The predicted octanol–water partition coefficient (Wildman–Crippen LogP) is 1.07. The molecule has 0 aromatic carbocycles. The normalized spacial score (nSPS) is 13.6. The third-order valence-electron chi connectivity index (χ3n) is 1.70. The summed E-state index contributed by atoms with van der Waals surface area (Å²) in [5, 5.41) is 8.29. The van der Waals surface area contributed by atoms with Gasteiger partial charge in [0.1, 0.15) is 0 Å². The fourth-order valence-corrected chi connectivity index (χ4v) is 0.921. The number of carboxylic acids is 1. The quantitative estimate of drug-likeness (QED) is 0.628. The van der Waals surface area contributed by atoms with Crippen molar-refractivity contribution in [2.24, 2.45) is 0 Å². The molecule has 0 spiro atoms. The lowest BCUT2D eigenvalue weighted by Gasteiger charge is -2.19. The topological polar surface area (TPSA) is 65.0 Å². The van der Waals surface area contributed by atoms with E-state index in [9.17, 15) is 18.0 Å². The van der Waals surface area contributed by atoms with Crippen LogP contribution >= 0.6 is 0 Å². The average molecular weight is 260 g/mol. The van der Waals surface area contributed by atoms with E-state index in [1.165, 1.54) is 7.11 Å². The van der Waals surface area contributed by atoms with Crippen LogP contribution in [0, 0.1) is 0 Å². The summed E-state index contributed by atoms with van der Waals surface area (Å²) in [6.45, 7) is 0.212. The van der Waals surface area contributed by atoms with Gasteiger partial charge in [0.15, 0.2) is 6.10 Å². The lowest BCUT2D eigenvalue weighted by Crippen LogP contribution is -2.34. The lowest BCUT2D eigenvalue weighted by atomic mass is 10.2. The van der Waals surface area contributed by atoms with E-state index in [1.54, 1.807) is 0 Å². The number of hydrogen-bond donors (Lipinski definition) is 1. The van der Waals surface area contributed by atoms with Gasteiger partial charge in [-0.05, 0) is 0 Å². The van der Waals surface area contributed by atoms with E-state index < -0.39 is 24.7 Å². The highest BCUT2D eigenvalue weighted by atomic mass is 19.4. The van der Waals surface area contributed by atoms with E-state index in [4.69, 9.17) is 9.84 Å². The van der Waals surface area contributed by atoms with E-state index in [1.807, 2.05) is 0 Å². The summed E-state index contributed by atoms with van der Waals surface area (Å²) in [6.07, 6.45) is -8.10. The number of halogens is 3. The van der Waals surface area contributed by atoms with Gasteiger partial charge in [0.25, 0.3) is 0 Å². The maximum atomic E-state index is 12.3. The minimum Gasteiger partial charge on any atom is -0.481 e. The molecule has 1 atom stereocenters. The van der Waals surface area contributed by atoms with Crippen LogP contribution in [0.3, 0.4) is 0 Å².